The van der Waals surface area contributed by atoms with E-state index in [1.165, 1.54) is 11.1 Å². The fourth-order valence-corrected chi connectivity index (χ4v) is 4.94. The van der Waals surface area contributed by atoms with Crippen LogP contribution in [0.15, 0.2) is 60.7 Å². The molecule has 0 saturated heterocycles. The van der Waals surface area contributed by atoms with Gasteiger partial charge in [0, 0.05) is 31.6 Å². The summed E-state index contributed by atoms with van der Waals surface area (Å²) in [6.45, 7) is 17.6. The SMILES string of the molecule is CC(C)CC(=O)[C@@H](OC(=O)N(C(C)C)C(C)C)[C@H](CC(C)C)N(Cc1ccccc1)Cc1ccccc1. The molecule has 0 aromatic heterocycles. The number of hydrogen-bond donors (Lipinski definition) is 0. The second-order valence-corrected chi connectivity index (χ2v) is 11.5. The van der Waals surface area contributed by atoms with Gasteiger partial charge in [0.2, 0.25) is 0 Å². The lowest BCUT2D eigenvalue weighted by atomic mass is 9.91. The first kappa shape index (κ1) is 30.6. The van der Waals surface area contributed by atoms with Crippen LogP contribution in [0.4, 0.5) is 4.79 Å². The second-order valence-electron chi connectivity index (χ2n) is 11.5. The summed E-state index contributed by atoms with van der Waals surface area (Å²) < 4.78 is 6.21. The van der Waals surface area contributed by atoms with Gasteiger partial charge >= 0.3 is 6.09 Å². The third kappa shape index (κ3) is 9.96. The molecular weight excluding hydrogens is 460 g/mol. The number of carbonyl (C=O) groups is 2. The lowest BCUT2D eigenvalue weighted by Gasteiger charge is -2.39. The summed E-state index contributed by atoms with van der Waals surface area (Å²) in [5.41, 5.74) is 2.33. The van der Waals surface area contributed by atoms with E-state index in [0.29, 0.717) is 25.4 Å². The van der Waals surface area contributed by atoms with Crippen molar-refractivity contribution in [1.82, 2.24) is 9.80 Å². The highest BCUT2D eigenvalue weighted by molar-refractivity contribution is 5.86. The molecule has 5 nitrogen and oxygen atoms in total. The number of hydrogen-bond acceptors (Lipinski definition) is 4. The number of benzene rings is 2. The minimum absolute atomic E-state index is 0.00687. The van der Waals surface area contributed by atoms with Crippen molar-refractivity contribution in [3.63, 3.8) is 0 Å². The molecule has 0 saturated carbocycles. The van der Waals surface area contributed by atoms with Gasteiger partial charge in [-0.3, -0.25) is 9.69 Å². The van der Waals surface area contributed by atoms with Crippen LogP contribution in [-0.2, 0) is 22.6 Å². The molecule has 0 N–H and O–H groups in total. The number of rotatable bonds is 14. The van der Waals surface area contributed by atoms with Crippen molar-refractivity contribution in [1.29, 1.82) is 0 Å². The van der Waals surface area contributed by atoms with E-state index >= 15 is 0 Å². The van der Waals surface area contributed by atoms with E-state index in [9.17, 15) is 9.59 Å². The maximum atomic E-state index is 13.8. The van der Waals surface area contributed by atoms with Crippen LogP contribution in [0, 0.1) is 11.8 Å². The monoisotopic (exact) mass is 508 g/mol. The Balaban J connectivity index is 2.54. The van der Waals surface area contributed by atoms with Crippen LogP contribution in [0.1, 0.15) is 79.4 Å². The van der Waals surface area contributed by atoms with Crippen LogP contribution in [0.3, 0.4) is 0 Å². The summed E-state index contributed by atoms with van der Waals surface area (Å²) in [5, 5.41) is 0. The zero-order valence-electron chi connectivity index (χ0n) is 24.2. The fourth-order valence-electron chi connectivity index (χ4n) is 4.94. The molecule has 37 heavy (non-hydrogen) atoms. The van der Waals surface area contributed by atoms with E-state index in [1.54, 1.807) is 4.90 Å². The Kier molecular flexibility index (Phi) is 12.3. The molecule has 2 aromatic carbocycles. The predicted octanol–water partition coefficient (Wildman–Crippen LogP) is 7.34. The van der Waals surface area contributed by atoms with Gasteiger partial charge in [0.05, 0.1) is 6.04 Å². The number of Topliss-reactive ketones (excluding diaryl/α,β-unsaturated/α-hetero) is 1. The summed E-state index contributed by atoms with van der Waals surface area (Å²) in [6, 6.07) is 20.3. The van der Waals surface area contributed by atoms with Crippen molar-refractivity contribution in [2.45, 2.75) is 106 Å². The first-order valence-corrected chi connectivity index (χ1v) is 13.8. The molecule has 0 aliphatic rings. The van der Waals surface area contributed by atoms with E-state index in [0.717, 1.165) is 6.42 Å². The Hall–Kier alpha value is -2.66. The van der Waals surface area contributed by atoms with Crippen molar-refractivity contribution in [2.75, 3.05) is 0 Å². The summed E-state index contributed by atoms with van der Waals surface area (Å²) in [7, 11) is 0. The molecule has 0 spiro atoms. The number of amides is 1. The van der Waals surface area contributed by atoms with Crippen LogP contribution in [0.25, 0.3) is 0 Å². The van der Waals surface area contributed by atoms with Crippen LogP contribution < -0.4 is 0 Å². The molecule has 0 bridgehead atoms. The first-order valence-electron chi connectivity index (χ1n) is 13.8. The van der Waals surface area contributed by atoms with Gasteiger partial charge in [-0.05, 0) is 57.1 Å². The van der Waals surface area contributed by atoms with Gasteiger partial charge in [-0.25, -0.2) is 4.79 Å². The van der Waals surface area contributed by atoms with Gasteiger partial charge in [-0.15, -0.1) is 0 Å². The zero-order chi connectivity index (χ0) is 27.5. The van der Waals surface area contributed by atoms with Gasteiger partial charge in [-0.1, -0.05) is 88.4 Å². The lowest BCUT2D eigenvalue weighted by molar-refractivity contribution is -0.134. The minimum Gasteiger partial charge on any atom is -0.436 e. The predicted molar refractivity (Wildman–Crippen MR) is 152 cm³/mol. The topological polar surface area (TPSA) is 49.9 Å². The third-order valence-corrected chi connectivity index (χ3v) is 6.47. The molecule has 1 amide bonds. The molecule has 0 aliphatic heterocycles. The first-order chi connectivity index (χ1) is 17.5. The van der Waals surface area contributed by atoms with Crippen LogP contribution in [-0.4, -0.2) is 45.9 Å². The smallest absolute Gasteiger partial charge is 0.411 e. The Labute approximate surface area is 225 Å². The largest absolute Gasteiger partial charge is 0.436 e. The number of ether oxygens (including phenoxy) is 1. The van der Waals surface area contributed by atoms with Crippen LogP contribution >= 0.6 is 0 Å². The zero-order valence-corrected chi connectivity index (χ0v) is 24.2. The van der Waals surface area contributed by atoms with Crippen LogP contribution in [0.2, 0.25) is 0 Å². The number of carbonyl (C=O) groups excluding carboxylic acids is 2. The molecule has 0 radical (unpaired) electrons. The maximum absolute atomic E-state index is 13.8. The van der Waals surface area contributed by atoms with Crippen LogP contribution in [0.5, 0.6) is 0 Å². The molecule has 5 heteroatoms. The summed E-state index contributed by atoms with van der Waals surface area (Å²) in [6.07, 6.45) is -0.143. The number of nitrogens with zero attached hydrogens (tertiary/aromatic N) is 2. The van der Waals surface area contributed by atoms with Crippen molar-refractivity contribution in [2.24, 2.45) is 11.8 Å². The molecule has 2 rings (SSSR count). The lowest BCUT2D eigenvalue weighted by Crippen LogP contribution is -2.52. The van der Waals surface area contributed by atoms with E-state index < -0.39 is 12.2 Å². The average Bonchev–Trinajstić information content (AvgIpc) is 2.81. The Bertz CT molecular complexity index is 892. The molecular formula is C32H48N2O3. The van der Waals surface area contributed by atoms with Gasteiger partial charge in [0.25, 0.3) is 0 Å². The molecule has 0 unspecified atom stereocenters. The van der Waals surface area contributed by atoms with Crippen molar-refractivity contribution in [3.05, 3.63) is 71.8 Å². The van der Waals surface area contributed by atoms with E-state index in [2.05, 4.69) is 43.0 Å². The quantitative estimate of drug-likeness (QED) is 0.268. The fraction of sp³-hybridized carbons (Fsp3) is 0.562. The standard InChI is InChI=1S/C32H48N2O3/c1-23(2)19-29(31(30(35)20-24(3)4)37-32(36)34(25(5)6)26(7)8)33(21-27-15-11-9-12-16-27)22-28-17-13-10-14-18-28/h9-18,23-26,29,31H,19-22H2,1-8H3/t29-,31-/m0/s1. The third-order valence-electron chi connectivity index (χ3n) is 6.47. The Morgan fingerprint density at radius 1 is 0.703 bits per heavy atom. The molecule has 0 heterocycles. The van der Waals surface area contributed by atoms with E-state index in [4.69, 9.17) is 4.74 Å². The van der Waals surface area contributed by atoms with E-state index in [1.807, 2.05) is 77.9 Å². The van der Waals surface area contributed by atoms with Gasteiger partial charge in [0.15, 0.2) is 11.9 Å². The molecule has 204 valence electrons. The average molecular weight is 509 g/mol. The normalized spacial score (nSPS) is 13.4. The maximum Gasteiger partial charge on any atom is 0.411 e. The Morgan fingerprint density at radius 3 is 1.54 bits per heavy atom. The van der Waals surface area contributed by atoms with E-state index in [-0.39, 0.29) is 29.8 Å². The highest BCUT2D eigenvalue weighted by Gasteiger charge is 2.38. The Morgan fingerprint density at radius 2 is 1.16 bits per heavy atom. The summed E-state index contributed by atoms with van der Waals surface area (Å²) in [4.78, 5) is 31.3. The van der Waals surface area contributed by atoms with Gasteiger partial charge < -0.3 is 9.64 Å². The van der Waals surface area contributed by atoms with Crippen molar-refractivity contribution < 1.29 is 14.3 Å². The molecule has 0 fully saturated rings. The van der Waals surface area contributed by atoms with Crippen molar-refractivity contribution >= 4 is 11.9 Å². The summed E-state index contributed by atoms with van der Waals surface area (Å²) >= 11 is 0. The summed E-state index contributed by atoms with van der Waals surface area (Å²) in [5.74, 6) is 0.488. The molecule has 2 aromatic rings. The van der Waals surface area contributed by atoms with Gasteiger partial charge in [0.1, 0.15) is 0 Å². The highest BCUT2D eigenvalue weighted by Crippen LogP contribution is 2.26. The molecule has 2 atom stereocenters. The highest BCUT2D eigenvalue weighted by atomic mass is 16.6. The second kappa shape index (κ2) is 14.9. The van der Waals surface area contributed by atoms with Crippen molar-refractivity contribution in [3.8, 4) is 0 Å². The van der Waals surface area contributed by atoms with Gasteiger partial charge in [-0.2, -0.15) is 0 Å². The molecule has 0 aliphatic carbocycles. The number of ketones is 1. The minimum atomic E-state index is -0.843.